The lowest BCUT2D eigenvalue weighted by molar-refractivity contribution is -0.234. The first-order valence-corrected chi connectivity index (χ1v) is 16.4. The molecule has 4 saturated carbocycles. The lowest BCUT2D eigenvalue weighted by Gasteiger charge is -2.69. The van der Waals surface area contributed by atoms with E-state index in [2.05, 4.69) is 27.7 Å². The number of aliphatic carboxylic acids is 1. The Morgan fingerprint density at radius 1 is 1.00 bits per heavy atom. The molecule has 0 saturated heterocycles. The summed E-state index contributed by atoms with van der Waals surface area (Å²) < 4.78 is 5.87. The maximum Gasteiger partial charge on any atom is 0.331 e. The van der Waals surface area contributed by atoms with Gasteiger partial charge in [0.25, 0.3) is 0 Å². The highest BCUT2D eigenvalue weighted by molar-refractivity contribution is 6.25. The van der Waals surface area contributed by atoms with Gasteiger partial charge in [-0.25, -0.2) is 4.79 Å². The largest absolute Gasteiger partial charge is 0.478 e. The van der Waals surface area contributed by atoms with Gasteiger partial charge in [-0.15, -0.1) is 23.2 Å². The molecule has 0 spiro atoms. The zero-order chi connectivity index (χ0) is 30.9. The summed E-state index contributed by atoms with van der Waals surface area (Å²) in [7, 11) is 0. The van der Waals surface area contributed by atoms with E-state index in [1.165, 1.54) is 6.92 Å². The van der Waals surface area contributed by atoms with E-state index < -0.39 is 24.1 Å². The molecule has 10 atom stereocenters. The first kappa shape index (κ1) is 34.4. The van der Waals surface area contributed by atoms with Crippen LogP contribution in [0.3, 0.4) is 0 Å². The predicted octanol–water partition coefficient (Wildman–Crippen LogP) is 7.13. The van der Waals surface area contributed by atoms with Gasteiger partial charge in [-0.05, 0) is 111 Å². The fraction of sp³-hybridized carbons (Fsp3) is 0.818. The van der Waals surface area contributed by atoms with Crippen molar-refractivity contribution in [1.82, 2.24) is 0 Å². The summed E-state index contributed by atoms with van der Waals surface area (Å²) in [6.45, 7) is 14.5. The first-order chi connectivity index (χ1) is 19.1. The summed E-state index contributed by atoms with van der Waals surface area (Å²) in [5, 5.41) is 32.9. The van der Waals surface area contributed by atoms with Crippen LogP contribution < -0.4 is 0 Å². The number of fused-ring (bicyclic) bond motifs is 5. The number of halogens is 2. The van der Waals surface area contributed by atoms with E-state index in [0.29, 0.717) is 48.9 Å². The molecule has 4 aliphatic carbocycles. The molecule has 234 valence electrons. The van der Waals surface area contributed by atoms with Crippen LogP contribution in [-0.2, 0) is 14.3 Å². The van der Waals surface area contributed by atoms with Crippen molar-refractivity contribution in [2.75, 3.05) is 11.8 Å². The number of ether oxygens (including phenoxy) is 1. The number of esters is 1. The quantitative estimate of drug-likeness (QED) is 0.127. The average Bonchev–Trinajstić information content (AvgIpc) is 3.15. The average molecular weight is 616 g/mol. The number of carboxylic acids is 1. The molecule has 0 amide bonds. The van der Waals surface area contributed by atoms with Crippen LogP contribution in [0.1, 0.15) is 99.8 Å². The van der Waals surface area contributed by atoms with E-state index in [0.717, 1.165) is 36.8 Å². The predicted molar refractivity (Wildman–Crippen MR) is 164 cm³/mol. The zero-order valence-corrected chi connectivity index (χ0v) is 27.5. The molecule has 0 unspecified atom stereocenters. The number of carbonyl (C=O) groups is 2. The summed E-state index contributed by atoms with van der Waals surface area (Å²) in [5.74, 6) is 0.205. The van der Waals surface area contributed by atoms with E-state index in [4.69, 9.17) is 27.9 Å². The standard InChI is InChI=1S/C31H48O6.C2H4Cl2/c1-17(2)9-8-10-20(28(35)36)26-22-15-24(34)27-29(5)13-12-23(33)18(3)21(29)11-14-30(27,6)31(22,7)16-25(26)37-19(4)32;3-1-2-4/h9,18,21-25,27,33-34H,8,10-16H2,1-7H3,(H,35,36);1-2H2/b26-20-;/t18-,21-,22-,23+,24+,25-,27-,29-,30-,31-;/m0./s1. The molecule has 8 heteroatoms. The third-order valence-corrected chi connectivity index (χ3v) is 12.2. The highest BCUT2D eigenvalue weighted by atomic mass is 35.5. The van der Waals surface area contributed by atoms with Gasteiger partial charge in [0.2, 0.25) is 0 Å². The maximum atomic E-state index is 12.6. The number of hydrogen-bond donors (Lipinski definition) is 3. The number of alkyl halides is 2. The monoisotopic (exact) mass is 614 g/mol. The van der Waals surface area contributed by atoms with Crippen LogP contribution in [0.4, 0.5) is 0 Å². The van der Waals surface area contributed by atoms with Crippen molar-refractivity contribution in [1.29, 1.82) is 0 Å². The van der Waals surface area contributed by atoms with Crippen LogP contribution in [0.15, 0.2) is 22.8 Å². The fourth-order valence-electron chi connectivity index (χ4n) is 9.79. The normalized spacial score (nSPS) is 42.5. The molecule has 3 N–H and O–H groups in total. The van der Waals surface area contributed by atoms with Gasteiger partial charge >= 0.3 is 11.9 Å². The SMILES string of the molecule is CC(=O)O[C@H]1C[C@@]2(C)[C@@H](C[C@@H](O)[C@H]3[C@@]4(C)CC[C@@H](O)[C@@H](C)[C@@H]4CC[C@@]32C)/C1=C(\CCC=C(C)C)C(=O)O.ClCCCl. The van der Waals surface area contributed by atoms with E-state index in [-0.39, 0.29) is 40.1 Å². The fourth-order valence-corrected chi connectivity index (χ4v) is 9.79. The van der Waals surface area contributed by atoms with E-state index >= 15 is 0 Å². The Balaban J connectivity index is 0.00000108. The third kappa shape index (κ3) is 6.28. The van der Waals surface area contributed by atoms with Crippen molar-refractivity contribution in [3.8, 4) is 0 Å². The molecule has 0 aliphatic heterocycles. The van der Waals surface area contributed by atoms with Gasteiger partial charge in [-0.3, -0.25) is 4.79 Å². The summed E-state index contributed by atoms with van der Waals surface area (Å²) >= 11 is 10.1. The smallest absolute Gasteiger partial charge is 0.331 e. The summed E-state index contributed by atoms with van der Waals surface area (Å²) in [5.41, 5.74) is 1.57. The van der Waals surface area contributed by atoms with Crippen molar-refractivity contribution < 1.29 is 29.6 Å². The second-order valence-corrected chi connectivity index (χ2v) is 14.8. The van der Waals surface area contributed by atoms with Crippen LogP contribution in [0, 0.1) is 39.9 Å². The highest BCUT2D eigenvalue weighted by Crippen LogP contribution is 2.74. The summed E-state index contributed by atoms with van der Waals surface area (Å²) in [4.78, 5) is 24.8. The number of hydrogen-bond acceptors (Lipinski definition) is 5. The number of rotatable bonds is 6. The van der Waals surface area contributed by atoms with Gasteiger partial charge in [-0.1, -0.05) is 39.3 Å². The number of aliphatic hydroxyl groups is 2. The molecule has 0 aromatic rings. The Morgan fingerprint density at radius 3 is 2.17 bits per heavy atom. The van der Waals surface area contributed by atoms with E-state index in [9.17, 15) is 24.9 Å². The lowest BCUT2D eigenvalue weighted by Crippen LogP contribution is -2.65. The van der Waals surface area contributed by atoms with Crippen LogP contribution >= 0.6 is 23.2 Å². The molecule has 0 heterocycles. The van der Waals surface area contributed by atoms with Crippen molar-refractivity contribution >= 4 is 35.1 Å². The Kier molecular flexibility index (Phi) is 11.1. The third-order valence-electron chi connectivity index (χ3n) is 11.6. The topological polar surface area (TPSA) is 104 Å². The van der Waals surface area contributed by atoms with Crippen molar-refractivity contribution in [2.24, 2.45) is 39.9 Å². The van der Waals surface area contributed by atoms with Gasteiger partial charge in [0, 0.05) is 24.3 Å². The van der Waals surface area contributed by atoms with Crippen LogP contribution in [0.5, 0.6) is 0 Å². The van der Waals surface area contributed by atoms with Gasteiger partial charge in [-0.2, -0.15) is 0 Å². The van der Waals surface area contributed by atoms with Crippen molar-refractivity contribution in [2.45, 2.75) is 118 Å². The number of carboxylic acid groups (broad SMARTS) is 1. The number of aliphatic hydroxyl groups excluding tert-OH is 2. The highest BCUT2D eigenvalue weighted by Gasteiger charge is 2.70. The maximum absolute atomic E-state index is 12.6. The minimum atomic E-state index is -0.953. The molecule has 4 aliphatic rings. The molecule has 4 rings (SSSR count). The molecule has 0 bridgehead atoms. The molecular weight excluding hydrogens is 563 g/mol. The zero-order valence-electron chi connectivity index (χ0n) is 26.0. The second kappa shape index (κ2) is 13.3. The van der Waals surface area contributed by atoms with E-state index in [1.807, 2.05) is 19.9 Å². The van der Waals surface area contributed by atoms with Gasteiger partial charge in [0.1, 0.15) is 6.10 Å². The molecule has 6 nitrogen and oxygen atoms in total. The summed E-state index contributed by atoms with van der Waals surface area (Å²) in [6.07, 6.45) is 6.22. The molecule has 4 fully saturated rings. The first-order valence-electron chi connectivity index (χ1n) is 15.3. The minimum absolute atomic E-state index is 0.0474. The van der Waals surface area contributed by atoms with Crippen LogP contribution in [-0.4, -0.2) is 57.3 Å². The Labute approximate surface area is 256 Å². The van der Waals surface area contributed by atoms with Crippen LogP contribution in [0.25, 0.3) is 0 Å². The van der Waals surface area contributed by atoms with Crippen LogP contribution in [0.2, 0.25) is 0 Å². The number of allylic oxidation sites excluding steroid dienone is 2. The Hall–Kier alpha value is -1.08. The van der Waals surface area contributed by atoms with Gasteiger partial charge in [0.05, 0.1) is 12.2 Å². The molecule has 0 aromatic heterocycles. The molecular formula is C33H52Cl2O6. The molecule has 0 aromatic carbocycles. The van der Waals surface area contributed by atoms with E-state index in [1.54, 1.807) is 0 Å². The second-order valence-electron chi connectivity index (χ2n) is 14.0. The molecule has 41 heavy (non-hydrogen) atoms. The van der Waals surface area contributed by atoms with Gasteiger partial charge in [0.15, 0.2) is 0 Å². The summed E-state index contributed by atoms with van der Waals surface area (Å²) in [6, 6.07) is 0. The number of carbonyl (C=O) groups excluding carboxylic acids is 1. The molecule has 0 radical (unpaired) electrons. The van der Waals surface area contributed by atoms with Crippen molar-refractivity contribution in [3.05, 3.63) is 22.8 Å². The Morgan fingerprint density at radius 2 is 1.63 bits per heavy atom. The Bertz CT molecular complexity index is 1030. The minimum Gasteiger partial charge on any atom is -0.478 e. The lowest BCUT2D eigenvalue weighted by atomic mass is 9.36. The van der Waals surface area contributed by atoms with Crippen molar-refractivity contribution in [3.63, 3.8) is 0 Å². The van der Waals surface area contributed by atoms with Gasteiger partial charge < -0.3 is 20.1 Å².